The van der Waals surface area contributed by atoms with Crippen molar-refractivity contribution in [3.8, 4) is 5.88 Å². The first-order valence-corrected chi connectivity index (χ1v) is 9.31. The average molecular weight is 394 g/mol. The molecular formula is C18H24F2N6O2. The van der Waals surface area contributed by atoms with Crippen LogP contribution in [0.1, 0.15) is 32.6 Å². The number of amides is 1. The molecular weight excluding hydrogens is 370 g/mol. The van der Waals surface area contributed by atoms with E-state index in [-0.39, 0.29) is 36.2 Å². The molecule has 2 N–H and O–H groups in total. The van der Waals surface area contributed by atoms with Crippen LogP contribution in [0.15, 0.2) is 18.6 Å². The topological polar surface area (TPSA) is 94.0 Å². The van der Waals surface area contributed by atoms with E-state index in [1.165, 1.54) is 17.8 Å². The monoisotopic (exact) mass is 394 g/mol. The molecule has 2 aromatic heterocycles. The number of anilines is 2. The number of aromatic nitrogens is 4. The maximum absolute atomic E-state index is 14.0. The SMILES string of the molecule is CC(=O)NC1CCC(COc2nc(Nc3cnn(CCF)c3)ncc2F)CC1. The highest BCUT2D eigenvalue weighted by atomic mass is 19.1. The van der Waals surface area contributed by atoms with Crippen LogP contribution in [0.5, 0.6) is 5.88 Å². The first-order chi connectivity index (χ1) is 13.5. The number of hydrogen-bond acceptors (Lipinski definition) is 6. The predicted molar refractivity (Wildman–Crippen MR) is 98.5 cm³/mol. The smallest absolute Gasteiger partial charge is 0.255 e. The molecule has 2 aromatic rings. The van der Waals surface area contributed by atoms with Crippen molar-refractivity contribution < 1.29 is 18.3 Å². The van der Waals surface area contributed by atoms with Crippen molar-refractivity contribution in [3.05, 3.63) is 24.4 Å². The van der Waals surface area contributed by atoms with Crippen LogP contribution < -0.4 is 15.4 Å². The molecule has 0 aromatic carbocycles. The molecule has 0 bridgehead atoms. The molecule has 0 saturated heterocycles. The van der Waals surface area contributed by atoms with Gasteiger partial charge in [0.05, 0.1) is 31.2 Å². The van der Waals surface area contributed by atoms with E-state index in [4.69, 9.17) is 4.74 Å². The van der Waals surface area contributed by atoms with Crippen molar-refractivity contribution in [1.82, 2.24) is 25.1 Å². The second-order valence-corrected chi connectivity index (χ2v) is 6.88. The lowest BCUT2D eigenvalue weighted by Crippen LogP contribution is -2.37. The summed E-state index contributed by atoms with van der Waals surface area (Å²) in [7, 11) is 0. The van der Waals surface area contributed by atoms with Gasteiger partial charge in [-0.25, -0.2) is 9.37 Å². The maximum Gasteiger partial charge on any atom is 0.255 e. The Morgan fingerprint density at radius 3 is 2.82 bits per heavy atom. The molecule has 28 heavy (non-hydrogen) atoms. The molecule has 1 fully saturated rings. The Labute approximate surface area is 161 Å². The van der Waals surface area contributed by atoms with E-state index in [0.29, 0.717) is 12.3 Å². The minimum Gasteiger partial charge on any atom is -0.475 e. The molecule has 3 rings (SSSR count). The van der Waals surface area contributed by atoms with Gasteiger partial charge in [-0.3, -0.25) is 9.48 Å². The number of ether oxygens (including phenoxy) is 1. The number of alkyl halides is 1. The van der Waals surface area contributed by atoms with Crippen LogP contribution in [0.4, 0.5) is 20.4 Å². The van der Waals surface area contributed by atoms with Crippen molar-refractivity contribution in [2.45, 2.75) is 45.2 Å². The average Bonchev–Trinajstić information content (AvgIpc) is 3.10. The number of carbonyl (C=O) groups excluding carboxylic acids is 1. The molecule has 152 valence electrons. The number of rotatable bonds is 8. The fourth-order valence-electron chi connectivity index (χ4n) is 3.24. The molecule has 0 unspecified atom stereocenters. The predicted octanol–water partition coefficient (Wildman–Crippen LogP) is 2.60. The van der Waals surface area contributed by atoms with E-state index in [1.807, 2.05) is 0 Å². The largest absolute Gasteiger partial charge is 0.475 e. The second-order valence-electron chi connectivity index (χ2n) is 6.88. The van der Waals surface area contributed by atoms with Gasteiger partial charge < -0.3 is 15.4 Å². The zero-order chi connectivity index (χ0) is 19.9. The van der Waals surface area contributed by atoms with Gasteiger partial charge in [0, 0.05) is 19.2 Å². The van der Waals surface area contributed by atoms with E-state index in [1.54, 1.807) is 6.20 Å². The highest BCUT2D eigenvalue weighted by Crippen LogP contribution is 2.26. The first kappa shape index (κ1) is 20.0. The Hall–Kier alpha value is -2.78. The van der Waals surface area contributed by atoms with E-state index in [2.05, 4.69) is 25.7 Å². The Kier molecular flexibility index (Phi) is 6.72. The van der Waals surface area contributed by atoms with Gasteiger partial charge in [-0.2, -0.15) is 14.5 Å². The van der Waals surface area contributed by atoms with E-state index in [0.717, 1.165) is 31.9 Å². The van der Waals surface area contributed by atoms with Crippen molar-refractivity contribution >= 4 is 17.5 Å². The Morgan fingerprint density at radius 1 is 1.32 bits per heavy atom. The maximum atomic E-state index is 14.0. The van der Waals surface area contributed by atoms with Crippen LogP contribution in [0.25, 0.3) is 0 Å². The van der Waals surface area contributed by atoms with Crippen LogP contribution in [0.3, 0.4) is 0 Å². The standard InChI is InChI=1S/C18H24F2N6O2/c1-12(27)23-14-4-2-13(3-5-14)11-28-17-16(20)9-21-18(25-17)24-15-8-22-26(10-15)7-6-19/h8-10,13-14H,2-7,11H2,1H3,(H,23,27)(H,21,24,25). The Balaban J connectivity index is 1.53. The number of halogens is 2. The van der Waals surface area contributed by atoms with Gasteiger partial charge in [-0.05, 0) is 31.6 Å². The number of hydrogen-bond donors (Lipinski definition) is 2. The minimum absolute atomic E-state index is 0.0157. The van der Waals surface area contributed by atoms with E-state index in [9.17, 15) is 13.6 Å². The third-order valence-corrected chi connectivity index (χ3v) is 4.62. The number of nitrogens with one attached hydrogen (secondary N) is 2. The molecule has 0 atom stereocenters. The fraction of sp³-hybridized carbons (Fsp3) is 0.556. The highest BCUT2D eigenvalue weighted by Gasteiger charge is 2.22. The summed E-state index contributed by atoms with van der Waals surface area (Å²) in [6.45, 7) is 1.52. The number of aryl methyl sites for hydroxylation is 1. The highest BCUT2D eigenvalue weighted by molar-refractivity contribution is 5.73. The van der Waals surface area contributed by atoms with Crippen LogP contribution in [0, 0.1) is 11.7 Å². The Bertz CT molecular complexity index is 792. The first-order valence-electron chi connectivity index (χ1n) is 9.31. The van der Waals surface area contributed by atoms with Crippen LogP contribution in [-0.2, 0) is 11.3 Å². The molecule has 0 radical (unpaired) electrons. The van der Waals surface area contributed by atoms with Gasteiger partial charge in [-0.1, -0.05) is 0 Å². The molecule has 8 nitrogen and oxygen atoms in total. The summed E-state index contributed by atoms with van der Waals surface area (Å²) in [4.78, 5) is 19.1. The minimum atomic E-state index is -0.634. The van der Waals surface area contributed by atoms with Gasteiger partial charge in [-0.15, -0.1) is 0 Å². The molecule has 0 aliphatic heterocycles. The Morgan fingerprint density at radius 2 is 2.11 bits per heavy atom. The van der Waals surface area contributed by atoms with Gasteiger partial charge in [0.15, 0.2) is 0 Å². The number of nitrogens with zero attached hydrogens (tertiary/aromatic N) is 4. The fourth-order valence-corrected chi connectivity index (χ4v) is 3.24. The van der Waals surface area contributed by atoms with Gasteiger partial charge in [0.1, 0.15) is 6.67 Å². The van der Waals surface area contributed by atoms with Crippen molar-refractivity contribution in [2.24, 2.45) is 5.92 Å². The van der Waals surface area contributed by atoms with Crippen LogP contribution in [-0.4, -0.2) is 45.0 Å². The summed E-state index contributed by atoms with van der Waals surface area (Å²) in [6, 6.07) is 0.207. The van der Waals surface area contributed by atoms with Gasteiger partial charge in [0.2, 0.25) is 17.7 Å². The summed E-state index contributed by atoms with van der Waals surface area (Å²) >= 11 is 0. The van der Waals surface area contributed by atoms with Crippen molar-refractivity contribution in [3.63, 3.8) is 0 Å². The summed E-state index contributed by atoms with van der Waals surface area (Å²) in [5.74, 6) is -0.304. The van der Waals surface area contributed by atoms with Crippen molar-refractivity contribution in [1.29, 1.82) is 0 Å². The molecule has 0 spiro atoms. The molecule has 1 aliphatic carbocycles. The third kappa shape index (κ3) is 5.61. The molecule has 10 heteroatoms. The zero-order valence-corrected chi connectivity index (χ0v) is 15.7. The lowest BCUT2D eigenvalue weighted by atomic mass is 9.86. The van der Waals surface area contributed by atoms with E-state index < -0.39 is 12.5 Å². The molecule has 1 saturated carbocycles. The third-order valence-electron chi connectivity index (χ3n) is 4.62. The normalized spacial score (nSPS) is 19.2. The summed E-state index contributed by atoms with van der Waals surface area (Å²) in [5.41, 5.74) is 0.572. The summed E-state index contributed by atoms with van der Waals surface area (Å²) < 4.78 is 33.4. The van der Waals surface area contributed by atoms with Gasteiger partial charge >= 0.3 is 0 Å². The lowest BCUT2D eigenvalue weighted by molar-refractivity contribution is -0.119. The molecule has 1 aliphatic rings. The van der Waals surface area contributed by atoms with Crippen LogP contribution in [0.2, 0.25) is 0 Å². The zero-order valence-electron chi connectivity index (χ0n) is 15.7. The second kappa shape index (κ2) is 9.43. The molecule has 2 heterocycles. The lowest BCUT2D eigenvalue weighted by Gasteiger charge is -2.28. The van der Waals surface area contributed by atoms with E-state index >= 15 is 0 Å². The summed E-state index contributed by atoms with van der Waals surface area (Å²) in [6.07, 6.45) is 7.74. The molecule has 1 amide bonds. The quantitative estimate of drug-likeness (QED) is 0.715. The summed E-state index contributed by atoms with van der Waals surface area (Å²) in [5, 5.41) is 9.82. The van der Waals surface area contributed by atoms with Crippen molar-refractivity contribution in [2.75, 3.05) is 18.6 Å². The number of carbonyl (C=O) groups is 1. The van der Waals surface area contributed by atoms with Gasteiger partial charge in [0.25, 0.3) is 5.88 Å². The van der Waals surface area contributed by atoms with Crippen LogP contribution >= 0.6 is 0 Å².